The number of ether oxygens (including phenoxy) is 2. The van der Waals surface area contributed by atoms with E-state index in [1.54, 1.807) is 0 Å². The van der Waals surface area contributed by atoms with Crippen LogP contribution < -0.4 is 5.32 Å². The van der Waals surface area contributed by atoms with Crippen LogP contribution in [0.3, 0.4) is 0 Å². The number of rotatable bonds is 3. The third-order valence-electron chi connectivity index (χ3n) is 2.46. The molecule has 1 amide bonds. The summed E-state index contributed by atoms with van der Waals surface area (Å²) in [5.41, 5.74) is 0.723. The first-order chi connectivity index (χ1) is 7.68. The average molecular weight is 221 g/mol. The minimum Gasteiger partial charge on any atom is -0.445 e. The second-order valence-electron chi connectivity index (χ2n) is 4.24. The summed E-state index contributed by atoms with van der Waals surface area (Å²) in [7, 11) is 0. The molecule has 1 aliphatic rings. The Morgan fingerprint density at radius 1 is 1.44 bits per heavy atom. The fourth-order valence-electron chi connectivity index (χ4n) is 1.49. The summed E-state index contributed by atoms with van der Waals surface area (Å²) in [4.78, 5) is 11.4. The molecule has 2 rings (SSSR count). The normalized spacial score (nSPS) is 17.3. The van der Waals surface area contributed by atoms with Crippen LogP contribution in [-0.4, -0.2) is 24.8 Å². The Morgan fingerprint density at radius 2 is 2.12 bits per heavy atom. The van der Waals surface area contributed by atoms with Gasteiger partial charge in [-0.15, -0.1) is 0 Å². The second-order valence-corrected chi connectivity index (χ2v) is 4.24. The highest BCUT2D eigenvalue weighted by Gasteiger charge is 2.35. The summed E-state index contributed by atoms with van der Waals surface area (Å²) in [5.74, 6) is 0. The van der Waals surface area contributed by atoms with Crippen LogP contribution in [0.5, 0.6) is 0 Å². The molecule has 0 radical (unpaired) electrons. The monoisotopic (exact) mass is 221 g/mol. The number of carbonyl (C=O) groups is 1. The molecule has 1 N–H and O–H groups in total. The van der Waals surface area contributed by atoms with Gasteiger partial charge >= 0.3 is 6.09 Å². The van der Waals surface area contributed by atoms with E-state index in [0.717, 1.165) is 5.56 Å². The lowest BCUT2D eigenvalue weighted by molar-refractivity contribution is -0.0621. The van der Waals surface area contributed by atoms with Crippen molar-refractivity contribution in [1.82, 2.24) is 5.32 Å². The first-order valence-electron chi connectivity index (χ1n) is 5.25. The van der Waals surface area contributed by atoms with Crippen LogP contribution in [0.1, 0.15) is 12.5 Å². The van der Waals surface area contributed by atoms with Crippen LogP contribution in [0.2, 0.25) is 0 Å². The summed E-state index contributed by atoms with van der Waals surface area (Å²) in [5, 5.41) is 2.78. The second kappa shape index (κ2) is 4.53. The number of nitrogens with one attached hydrogen (secondary N) is 1. The molecule has 0 saturated carbocycles. The van der Waals surface area contributed by atoms with Gasteiger partial charge in [-0.2, -0.15) is 0 Å². The summed E-state index contributed by atoms with van der Waals surface area (Å²) in [6.45, 7) is 3.32. The van der Waals surface area contributed by atoms with Crippen LogP contribution in [-0.2, 0) is 16.1 Å². The van der Waals surface area contributed by atoms with Crippen molar-refractivity contribution in [3.05, 3.63) is 35.9 Å². The lowest BCUT2D eigenvalue weighted by Crippen LogP contribution is -2.59. The molecule has 1 aromatic rings. The van der Waals surface area contributed by atoms with E-state index in [0.29, 0.717) is 19.8 Å². The van der Waals surface area contributed by atoms with Gasteiger partial charge in [0.15, 0.2) is 0 Å². The molecule has 1 saturated heterocycles. The first-order valence-corrected chi connectivity index (χ1v) is 5.25. The van der Waals surface area contributed by atoms with Gasteiger partial charge in [-0.05, 0) is 12.5 Å². The van der Waals surface area contributed by atoms with Gasteiger partial charge in [0, 0.05) is 0 Å². The summed E-state index contributed by atoms with van der Waals surface area (Å²) in [6, 6.07) is 9.59. The van der Waals surface area contributed by atoms with E-state index < -0.39 is 6.09 Å². The summed E-state index contributed by atoms with van der Waals surface area (Å²) in [6.07, 6.45) is -0.394. The van der Waals surface area contributed by atoms with E-state index in [-0.39, 0.29) is 5.54 Å². The lowest BCUT2D eigenvalue weighted by Gasteiger charge is -2.38. The molecular weight excluding hydrogens is 206 g/mol. The van der Waals surface area contributed by atoms with E-state index in [4.69, 9.17) is 9.47 Å². The Kier molecular flexibility index (Phi) is 3.10. The zero-order chi connectivity index (χ0) is 11.4. The van der Waals surface area contributed by atoms with E-state index in [1.165, 1.54) is 0 Å². The van der Waals surface area contributed by atoms with Crippen molar-refractivity contribution in [2.75, 3.05) is 13.2 Å². The van der Waals surface area contributed by atoms with Crippen molar-refractivity contribution < 1.29 is 14.3 Å². The molecule has 0 unspecified atom stereocenters. The standard InChI is InChI=1S/C12H15NO3/c1-12(8-15-9-12)13-11(14)16-7-10-5-3-2-4-6-10/h2-6H,7-9H2,1H3,(H,13,14). The van der Waals surface area contributed by atoms with E-state index in [9.17, 15) is 4.79 Å². The van der Waals surface area contributed by atoms with Gasteiger partial charge in [0.05, 0.1) is 18.8 Å². The molecule has 0 aliphatic carbocycles. The van der Waals surface area contributed by atoms with E-state index in [2.05, 4.69) is 5.32 Å². The molecule has 0 spiro atoms. The van der Waals surface area contributed by atoms with Gasteiger partial charge in [-0.25, -0.2) is 4.79 Å². The van der Waals surface area contributed by atoms with Crippen molar-refractivity contribution in [2.45, 2.75) is 19.1 Å². The third-order valence-corrected chi connectivity index (χ3v) is 2.46. The molecule has 0 atom stereocenters. The number of carbonyl (C=O) groups excluding carboxylic acids is 1. The molecule has 16 heavy (non-hydrogen) atoms. The molecule has 4 heteroatoms. The van der Waals surface area contributed by atoms with Crippen molar-refractivity contribution in [1.29, 1.82) is 0 Å². The topological polar surface area (TPSA) is 47.6 Å². The number of hydrogen-bond donors (Lipinski definition) is 1. The van der Waals surface area contributed by atoms with Crippen LogP contribution in [0.15, 0.2) is 30.3 Å². The van der Waals surface area contributed by atoms with Crippen molar-refractivity contribution >= 4 is 6.09 Å². The van der Waals surface area contributed by atoms with Crippen LogP contribution in [0, 0.1) is 0 Å². The molecule has 4 nitrogen and oxygen atoms in total. The minimum absolute atomic E-state index is 0.256. The number of hydrogen-bond acceptors (Lipinski definition) is 3. The molecule has 1 aliphatic heterocycles. The number of amides is 1. The maximum Gasteiger partial charge on any atom is 0.408 e. The van der Waals surface area contributed by atoms with Crippen LogP contribution >= 0.6 is 0 Å². The van der Waals surface area contributed by atoms with Crippen molar-refractivity contribution in [2.24, 2.45) is 0 Å². The maximum absolute atomic E-state index is 11.4. The van der Waals surface area contributed by atoms with E-state index >= 15 is 0 Å². The third kappa shape index (κ3) is 2.73. The molecule has 86 valence electrons. The fourth-order valence-corrected chi connectivity index (χ4v) is 1.49. The van der Waals surface area contributed by atoms with Crippen molar-refractivity contribution in [3.8, 4) is 0 Å². The van der Waals surface area contributed by atoms with Gasteiger partial charge in [0.25, 0.3) is 0 Å². The van der Waals surface area contributed by atoms with Gasteiger partial charge in [0.1, 0.15) is 6.61 Å². The number of alkyl carbamates (subject to hydrolysis) is 1. The Morgan fingerprint density at radius 3 is 2.69 bits per heavy atom. The predicted octanol–water partition coefficient (Wildman–Crippen LogP) is 1.70. The van der Waals surface area contributed by atoms with Gasteiger partial charge in [-0.1, -0.05) is 30.3 Å². The minimum atomic E-state index is -0.394. The zero-order valence-electron chi connectivity index (χ0n) is 9.23. The maximum atomic E-state index is 11.4. The molecule has 1 aromatic carbocycles. The largest absolute Gasteiger partial charge is 0.445 e. The smallest absolute Gasteiger partial charge is 0.408 e. The fraction of sp³-hybridized carbons (Fsp3) is 0.417. The average Bonchev–Trinajstić information content (AvgIpc) is 2.26. The molecule has 1 fully saturated rings. The Bertz CT molecular complexity index is 360. The molecule has 0 bridgehead atoms. The zero-order valence-corrected chi connectivity index (χ0v) is 9.23. The highest BCUT2D eigenvalue weighted by molar-refractivity contribution is 5.68. The van der Waals surface area contributed by atoms with Crippen LogP contribution in [0.4, 0.5) is 4.79 Å². The first kappa shape index (κ1) is 11.0. The highest BCUT2D eigenvalue weighted by Crippen LogP contribution is 2.15. The van der Waals surface area contributed by atoms with E-state index in [1.807, 2.05) is 37.3 Å². The lowest BCUT2D eigenvalue weighted by atomic mass is 10.0. The molecular formula is C12H15NO3. The van der Waals surface area contributed by atoms with Gasteiger partial charge in [-0.3, -0.25) is 0 Å². The van der Waals surface area contributed by atoms with Crippen molar-refractivity contribution in [3.63, 3.8) is 0 Å². The quantitative estimate of drug-likeness (QED) is 0.845. The predicted molar refractivity (Wildman–Crippen MR) is 59.0 cm³/mol. The number of benzene rings is 1. The van der Waals surface area contributed by atoms with Gasteiger partial charge in [0.2, 0.25) is 0 Å². The van der Waals surface area contributed by atoms with Crippen LogP contribution in [0.25, 0.3) is 0 Å². The Balaban J connectivity index is 1.76. The SMILES string of the molecule is CC1(NC(=O)OCc2ccccc2)COC1. The molecule has 1 heterocycles. The molecule has 0 aromatic heterocycles. The Hall–Kier alpha value is -1.55. The summed E-state index contributed by atoms with van der Waals surface area (Å²) < 4.78 is 10.1. The van der Waals surface area contributed by atoms with Gasteiger partial charge < -0.3 is 14.8 Å². The summed E-state index contributed by atoms with van der Waals surface area (Å²) >= 11 is 0. The highest BCUT2D eigenvalue weighted by atomic mass is 16.6. The Labute approximate surface area is 94.6 Å².